The standard InChI is InChI=1S/C14H18ClN3O4S/c1-16-23(21,22)12-8-10(4-5-11(12)15)14(20)17-9-13(19)18-6-2-3-7-18/h4-5,8,16H,2-3,6-7,9H2,1H3,(H,17,20). The first-order valence-electron chi connectivity index (χ1n) is 7.14. The van der Waals surface area contributed by atoms with Crippen LogP contribution in [0.25, 0.3) is 0 Å². The molecule has 126 valence electrons. The van der Waals surface area contributed by atoms with E-state index in [0.29, 0.717) is 13.1 Å². The van der Waals surface area contributed by atoms with Gasteiger partial charge in [-0.15, -0.1) is 0 Å². The van der Waals surface area contributed by atoms with Crippen LogP contribution in [0.4, 0.5) is 0 Å². The molecule has 1 aliphatic rings. The third-order valence-electron chi connectivity index (χ3n) is 3.61. The molecule has 7 nitrogen and oxygen atoms in total. The molecule has 0 unspecified atom stereocenters. The van der Waals surface area contributed by atoms with Crippen LogP contribution in [-0.2, 0) is 14.8 Å². The van der Waals surface area contributed by atoms with Crippen molar-refractivity contribution in [3.8, 4) is 0 Å². The molecule has 0 radical (unpaired) electrons. The lowest BCUT2D eigenvalue weighted by Gasteiger charge is -2.15. The van der Waals surface area contributed by atoms with Gasteiger partial charge in [-0.3, -0.25) is 9.59 Å². The summed E-state index contributed by atoms with van der Waals surface area (Å²) >= 11 is 5.87. The van der Waals surface area contributed by atoms with Crippen molar-refractivity contribution >= 4 is 33.4 Å². The van der Waals surface area contributed by atoms with E-state index < -0.39 is 15.9 Å². The molecule has 2 rings (SSSR count). The highest BCUT2D eigenvalue weighted by Crippen LogP contribution is 2.22. The zero-order valence-corrected chi connectivity index (χ0v) is 14.2. The summed E-state index contributed by atoms with van der Waals surface area (Å²) in [6, 6.07) is 3.93. The molecule has 1 aromatic carbocycles. The number of hydrogen-bond donors (Lipinski definition) is 2. The van der Waals surface area contributed by atoms with Crippen molar-refractivity contribution in [3.05, 3.63) is 28.8 Å². The fraction of sp³-hybridized carbons (Fsp3) is 0.429. The highest BCUT2D eigenvalue weighted by molar-refractivity contribution is 7.89. The third-order valence-corrected chi connectivity index (χ3v) is 5.51. The van der Waals surface area contributed by atoms with Crippen LogP contribution >= 0.6 is 11.6 Å². The van der Waals surface area contributed by atoms with E-state index in [-0.39, 0.29) is 27.9 Å². The number of benzene rings is 1. The lowest BCUT2D eigenvalue weighted by Crippen LogP contribution is -2.38. The molecule has 0 bridgehead atoms. The van der Waals surface area contributed by atoms with Gasteiger partial charge in [0.1, 0.15) is 4.90 Å². The highest BCUT2D eigenvalue weighted by atomic mass is 35.5. The Balaban J connectivity index is 2.08. The van der Waals surface area contributed by atoms with Crippen molar-refractivity contribution in [2.24, 2.45) is 0 Å². The Labute approximate surface area is 140 Å². The topological polar surface area (TPSA) is 95.6 Å². The second-order valence-electron chi connectivity index (χ2n) is 5.12. The summed E-state index contributed by atoms with van der Waals surface area (Å²) < 4.78 is 25.8. The lowest BCUT2D eigenvalue weighted by molar-refractivity contribution is -0.129. The SMILES string of the molecule is CNS(=O)(=O)c1cc(C(=O)NCC(=O)N2CCCC2)ccc1Cl. The van der Waals surface area contributed by atoms with E-state index in [4.69, 9.17) is 11.6 Å². The molecule has 0 spiro atoms. The molecule has 23 heavy (non-hydrogen) atoms. The van der Waals surface area contributed by atoms with Crippen LogP contribution in [0.5, 0.6) is 0 Å². The highest BCUT2D eigenvalue weighted by Gasteiger charge is 2.20. The summed E-state index contributed by atoms with van der Waals surface area (Å²) in [5.41, 5.74) is 0.123. The Morgan fingerprint density at radius 1 is 1.26 bits per heavy atom. The monoisotopic (exact) mass is 359 g/mol. The van der Waals surface area contributed by atoms with Crippen LogP contribution in [0.2, 0.25) is 5.02 Å². The van der Waals surface area contributed by atoms with E-state index in [1.165, 1.54) is 25.2 Å². The van der Waals surface area contributed by atoms with Gasteiger partial charge < -0.3 is 10.2 Å². The van der Waals surface area contributed by atoms with Gasteiger partial charge in [-0.2, -0.15) is 0 Å². The Kier molecular flexibility index (Phi) is 5.61. The zero-order valence-electron chi connectivity index (χ0n) is 12.6. The molecule has 1 fully saturated rings. The summed E-state index contributed by atoms with van der Waals surface area (Å²) in [4.78, 5) is 25.5. The van der Waals surface area contributed by atoms with E-state index >= 15 is 0 Å². The van der Waals surface area contributed by atoms with Gasteiger partial charge in [-0.05, 0) is 38.1 Å². The quantitative estimate of drug-likeness (QED) is 0.804. The number of amides is 2. The van der Waals surface area contributed by atoms with Crippen LogP contribution < -0.4 is 10.0 Å². The number of sulfonamides is 1. The molecule has 0 atom stereocenters. The van der Waals surface area contributed by atoms with Crippen molar-refractivity contribution in [3.63, 3.8) is 0 Å². The smallest absolute Gasteiger partial charge is 0.251 e. The first-order valence-corrected chi connectivity index (χ1v) is 9.00. The fourth-order valence-corrected chi connectivity index (χ4v) is 3.55. The van der Waals surface area contributed by atoms with E-state index in [1.54, 1.807) is 4.90 Å². The maximum atomic E-state index is 12.1. The molecule has 1 aliphatic heterocycles. The average Bonchev–Trinajstić information content (AvgIpc) is 3.07. The summed E-state index contributed by atoms with van der Waals surface area (Å²) in [5, 5.41) is 2.52. The molecular formula is C14H18ClN3O4S. The van der Waals surface area contributed by atoms with Crippen molar-refractivity contribution in [1.29, 1.82) is 0 Å². The Bertz CT molecular complexity index is 715. The number of carbonyl (C=O) groups is 2. The van der Waals surface area contributed by atoms with Crippen molar-refractivity contribution in [1.82, 2.24) is 14.9 Å². The molecule has 2 N–H and O–H groups in total. The molecule has 9 heteroatoms. The van der Waals surface area contributed by atoms with E-state index in [0.717, 1.165) is 12.8 Å². The van der Waals surface area contributed by atoms with Gasteiger partial charge in [0.05, 0.1) is 11.6 Å². The van der Waals surface area contributed by atoms with Crippen molar-refractivity contribution < 1.29 is 18.0 Å². The maximum absolute atomic E-state index is 12.1. The van der Waals surface area contributed by atoms with Gasteiger partial charge in [0, 0.05) is 18.7 Å². The van der Waals surface area contributed by atoms with Crippen LogP contribution in [0.3, 0.4) is 0 Å². The van der Waals surface area contributed by atoms with Gasteiger partial charge in [0.2, 0.25) is 15.9 Å². The second kappa shape index (κ2) is 7.29. The number of likely N-dealkylation sites (tertiary alicyclic amines) is 1. The van der Waals surface area contributed by atoms with Gasteiger partial charge in [0.25, 0.3) is 5.91 Å². The van der Waals surface area contributed by atoms with E-state index in [9.17, 15) is 18.0 Å². The Morgan fingerprint density at radius 3 is 2.52 bits per heavy atom. The minimum Gasteiger partial charge on any atom is -0.343 e. The number of nitrogens with zero attached hydrogens (tertiary/aromatic N) is 1. The number of nitrogens with one attached hydrogen (secondary N) is 2. The second-order valence-corrected chi connectivity index (χ2v) is 7.39. The van der Waals surface area contributed by atoms with E-state index in [2.05, 4.69) is 10.0 Å². The molecule has 0 saturated carbocycles. The van der Waals surface area contributed by atoms with Crippen LogP contribution in [0.1, 0.15) is 23.2 Å². The summed E-state index contributed by atoms with van der Waals surface area (Å²) in [6.07, 6.45) is 1.95. The van der Waals surface area contributed by atoms with Crippen molar-refractivity contribution in [2.75, 3.05) is 26.7 Å². The lowest BCUT2D eigenvalue weighted by atomic mass is 10.2. The van der Waals surface area contributed by atoms with Gasteiger partial charge in [0.15, 0.2) is 0 Å². The number of carbonyl (C=O) groups excluding carboxylic acids is 2. The third kappa shape index (κ3) is 4.21. The van der Waals surface area contributed by atoms with Gasteiger partial charge >= 0.3 is 0 Å². The number of rotatable bonds is 5. The normalized spacial score (nSPS) is 14.8. The number of hydrogen-bond acceptors (Lipinski definition) is 4. The van der Waals surface area contributed by atoms with Crippen molar-refractivity contribution in [2.45, 2.75) is 17.7 Å². The predicted octanol–water partition coefficient (Wildman–Crippen LogP) is 0.600. The van der Waals surface area contributed by atoms with Gasteiger partial charge in [-0.25, -0.2) is 13.1 Å². The molecule has 1 saturated heterocycles. The predicted molar refractivity (Wildman–Crippen MR) is 85.8 cm³/mol. The zero-order chi connectivity index (χ0) is 17.0. The first-order chi connectivity index (χ1) is 10.8. The average molecular weight is 360 g/mol. The molecule has 1 aromatic rings. The van der Waals surface area contributed by atoms with Gasteiger partial charge in [-0.1, -0.05) is 11.6 Å². The fourth-order valence-electron chi connectivity index (χ4n) is 2.30. The molecular weight excluding hydrogens is 342 g/mol. The number of halogens is 1. The summed E-state index contributed by atoms with van der Waals surface area (Å²) in [6.45, 7) is 1.30. The largest absolute Gasteiger partial charge is 0.343 e. The first kappa shape index (κ1) is 17.7. The summed E-state index contributed by atoms with van der Waals surface area (Å²) in [7, 11) is -2.51. The molecule has 1 heterocycles. The minimum atomic E-state index is -3.77. The summed E-state index contributed by atoms with van der Waals surface area (Å²) in [5.74, 6) is -0.672. The van der Waals surface area contributed by atoms with E-state index in [1.807, 2.05) is 0 Å². The molecule has 0 aliphatic carbocycles. The maximum Gasteiger partial charge on any atom is 0.251 e. The Hall–Kier alpha value is -1.64. The van der Waals surface area contributed by atoms with Crippen LogP contribution in [-0.4, -0.2) is 51.8 Å². The minimum absolute atomic E-state index is 0.0176. The van der Waals surface area contributed by atoms with Crippen LogP contribution in [0.15, 0.2) is 23.1 Å². The van der Waals surface area contributed by atoms with Crippen LogP contribution in [0, 0.1) is 0 Å². The Morgan fingerprint density at radius 2 is 1.91 bits per heavy atom. The molecule has 0 aromatic heterocycles. The molecule has 2 amide bonds.